The van der Waals surface area contributed by atoms with E-state index in [2.05, 4.69) is 0 Å². The van der Waals surface area contributed by atoms with Crippen LogP contribution < -0.4 is 0 Å². The Labute approximate surface area is 63.3 Å². The normalized spacial score (nSPS) is 1.00. The second-order valence-electron chi connectivity index (χ2n) is 0. The molecule has 0 fully saturated rings. The molecule has 0 unspecified atom stereocenters. The Morgan fingerprint density at radius 2 is 1.25 bits per heavy atom. The molecule has 0 spiro atoms. The number of hydrogen-bond acceptors (Lipinski definition) is 1. The van der Waals surface area contributed by atoms with Crippen LogP contribution in [0.5, 0.6) is 0 Å². The molecule has 0 saturated heterocycles. The van der Waals surface area contributed by atoms with Crippen molar-refractivity contribution in [3.8, 4) is 0 Å². The zero-order chi connectivity index (χ0) is 2.00. The summed E-state index contributed by atoms with van der Waals surface area (Å²) in [5, 5.41) is 0. The Morgan fingerprint density at radius 1 is 1.25 bits per heavy atom. The van der Waals surface area contributed by atoms with E-state index in [0.717, 1.165) is 0 Å². The zero-order valence-electron chi connectivity index (χ0n) is 1.26. The molecule has 0 aliphatic rings. The van der Waals surface area contributed by atoms with Crippen LogP contribution in [0, 0.1) is 0 Å². The maximum atomic E-state index is 8.34. The maximum absolute atomic E-state index is 8.34. The van der Waals surface area contributed by atoms with Gasteiger partial charge in [-0.2, -0.15) is 0 Å². The average Bonchev–Trinajstić information content (AvgIpc) is 1.00. The minimum atomic E-state index is 0. The second-order valence-corrected chi connectivity index (χ2v) is 0. The second kappa shape index (κ2) is 21.2. The molecule has 0 aromatic heterocycles. The van der Waals surface area contributed by atoms with Gasteiger partial charge in [0.25, 0.3) is 0 Å². The van der Waals surface area contributed by atoms with Gasteiger partial charge in [-0.3, -0.25) is 0 Å². The molecule has 0 aromatic carbocycles. The summed E-state index contributed by atoms with van der Waals surface area (Å²) in [7, 11) is 0. The average molecular weight is 244 g/mol. The third kappa shape index (κ3) is 9.17. The molecule has 0 saturated carbocycles. The van der Waals surface area contributed by atoms with Gasteiger partial charge in [-0.25, -0.2) is 0 Å². The van der Waals surface area contributed by atoms with Crippen molar-refractivity contribution < 1.29 is 22.6 Å². The predicted molar refractivity (Wildman–Crippen MR) is 13.6 cm³/mol. The molecule has 0 aromatic rings. The summed E-state index contributed by atoms with van der Waals surface area (Å²) in [5.74, 6) is 0. The van der Waals surface area contributed by atoms with Crippen LogP contribution in [0.25, 0.3) is 0 Å². The van der Waals surface area contributed by atoms with Gasteiger partial charge in [0.1, 0.15) is 0 Å². The van der Waals surface area contributed by atoms with Crippen LogP contribution in [0.1, 0.15) is 0 Å². The summed E-state index contributed by atoms with van der Waals surface area (Å²) in [5.41, 5.74) is 0. The maximum Gasteiger partial charge on any atom is 0 e. The summed E-state index contributed by atoms with van der Waals surface area (Å²) >= 11 is 0.300. The van der Waals surface area contributed by atoms with Gasteiger partial charge >= 0.3 is 44.4 Å². The van der Waals surface area contributed by atoms with Gasteiger partial charge in [-0.05, 0) is 0 Å². The molecular weight excluding hydrogens is 243 g/mol. The Kier molecular flexibility index (Phi) is 90.3. The van der Waals surface area contributed by atoms with Crippen LogP contribution in [-0.2, 0) is 22.6 Å². The van der Waals surface area contributed by atoms with Crippen LogP contribution in [0.2, 0.25) is 0 Å². The first-order chi connectivity index (χ1) is 1.00. The fraction of sp³-hybridized carbons (Fsp3) is 0. The predicted octanol–water partition coefficient (Wildman–Crippen LogP) is -1.15. The summed E-state index contributed by atoms with van der Waals surface area (Å²) in [6.07, 6.45) is 0. The van der Waals surface area contributed by atoms with Crippen molar-refractivity contribution in [1.82, 2.24) is 0 Å². The fourth-order valence-electron chi connectivity index (χ4n) is 0. The van der Waals surface area contributed by atoms with Crippen molar-refractivity contribution in [2.45, 2.75) is 0 Å². The first-order valence-electron chi connectivity index (χ1n) is 0.204. The third-order valence-electron chi connectivity index (χ3n) is 0. The number of hydrogen-bond donors (Lipinski definition) is 0. The molecule has 2 radical (unpaired) electrons. The number of rotatable bonds is 0. The van der Waals surface area contributed by atoms with E-state index in [-0.39, 0.29) is 38.3 Å². The molecule has 0 heterocycles. The molecule has 4 heavy (non-hydrogen) atoms. The Morgan fingerprint density at radius 3 is 1.25 bits per heavy atom. The van der Waals surface area contributed by atoms with Crippen LogP contribution in [0.15, 0.2) is 0 Å². The fourth-order valence-corrected chi connectivity index (χ4v) is 0. The van der Waals surface area contributed by atoms with Crippen LogP contribution in [0.3, 0.4) is 0 Å². The Balaban J connectivity index is -0.00000000500. The van der Waals surface area contributed by atoms with E-state index < -0.39 is 0 Å². The van der Waals surface area contributed by atoms with Gasteiger partial charge in [-0.1, -0.05) is 0 Å². The van der Waals surface area contributed by atoms with Crippen molar-refractivity contribution in [2.75, 3.05) is 0 Å². The van der Waals surface area contributed by atoms with Crippen molar-refractivity contribution in [2.24, 2.45) is 0 Å². The van der Waals surface area contributed by atoms with Crippen molar-refractivity contribution >= 4 is 41.4 Å². The SMILES string of the molecule is [LiH].[O]=[Sn].[Ru]. The molecule has 20 valence electrons. The van der Waals surface area contributed by atoms with Gasteiger partial charge in [-0.15, -0.1) is 0 Å². The van der Waals surface area contributed by atoms with E-state index in [0.29, 0.717) is 22.5 Å². The van der Waals surface area contributed by atoms with E-state index in [9.17, 15) is 0 Å². The summed E-state index contributed by atoms with van der Waals surface area (Å²) in [4.78, 5) is 0. The van der Waals surface area contributed by atoms with E-state index in [1.54, 1.807) is 0 Å². The third-order valence-corrected chi connectivity index (χ3v) is 0. The summed E-state index contributed by atoms with van der Waals surface area (Å²) in [6, 6.07) is 0. The van der Waals surface area contributed by atoms with Gasteiger partial charge in [0.05, 0.1) is 0 Å². The molecule has 0 rings (SSSR count). The van der Waals surface area contributed by atoms with Crippen molar-refractivity contribution in [3.63, 3.8) is 0 Å². The smallest absolute Gasteiger partial charge is 0 e. The van der Waals surface area contributed by atoms with E-state index in [1.807, 2.05) is 0 Å². The summed E-state index contributed by atoms with van der Waals surface area (Å²) in [6.45, 7) is 0. The molecule has 4 heteroatoms. The largest absolute Gasteiger partial charge is 0 e. The molecular formula is HLiORuSn. The molecule has 1 nitrogen and oxygen atoms in total. The zero-order valence-corrected chi connectivity index (χ0v) is 5.85. The van der Waals surface area contributed by atoms with Gasteiger partial charge in [0.15, 0.2) is 0 Å². The molecule has 0 aliphatic carbocycles. The quantitative estimate of drug-likeness (QED) is 0.491. The van der Waals surface area contributed by atoms with Crippen LogP contribution in [0.4, 0.5) is 0 Å². The van der Waals surface area contributed by atoms with Crippen LogP contribution in [-0.4, -0.2) is 41.4 Å². The van der Waals surface area contributed by atoms with Crippen molar-refractivity contribution in [3.05, 3.63) is 0 Å². The van der Waals surface area contributed by atoms with Gasteiger partial charge < -0.3 is 0 Å². The van der Waals surface area contributed by atoms with E-state index >= 15 is 0 Å². The minimum absolute atomic E-state index is 0. The topological polar surface area (TPSA) is 17.1 Å². The standard InChI is InChI=1S/Li.O.Ru.Sn.H. The monoisotopic (exact) mass is 246 g/mol. The molecule has 0 atom stereocenters. The minimum Gasteiger partial charge on any atom is 0 e. The van der Waals surface area contributed by atoms with Crippen LogP contribution >= 0.6 is 0 Å². The van der Waals surface area contributed by atoms with Crippen molar-refractivity contribution in [1.29, 1.82) is 0 Å². The Hall–Kier alpha value is 1.82. The van der Waals surface area contributed by atoms with Gasteiger partial charge in [0.2, 0.25) is 0 Å². The molecule has 0 amide bonds. The van der Waals surface area contributed by atoms with E-state index in [4.69, 9.17) is 3.08 Å². The first kappa shape index (κ1) is 17.0. The molecule has 0 aliphatic heterocycles. The first-order valence-corrected chi connectivity index (χ1v) is 1.37. The Bertz CT molecular complexity index is 8.00. The molecule has 0 bridgehead atoms. The molecule has 0 N–H and O–H groups in total. The summed E-state index contributed by atoms with van der Waals surface area (Å²) < 4.78 is 8.34. The van der Waals surface area contributed by atoms with E-state index in [1.165, 1.54) is 0 Å². The van der Waals surface area contributed by atoms with Gasteiger partial charge in [0, 0.05) is 19.5 Å².